The van der Waals surface area contributed by atoms with Crippen molar-refractivity contribution in [1.82, 2.24) is 5.32 Å². The molecule has 0 aliphatic carbocycles. The van der Waals surface area contributed by atoms with Gasteiger partial charge in [-0.05, 0) is 36.2 Å². The first-order chi connectivity index (χ1) is 9.08. The second-order valence-electron chi connectivity index (χ2n) is 4.37. The molecule has 4 heteroatoms. The minimum atomic E-state index is -0.397. The highest BCUT2D eigenvalue weighted by Crippen LogP contribution is 2.22. The van der Waals surface area contributed by atoms with E-state index in [4.69, 9.17) is 23.2 Å². The zero-order valence-electron chi connectivity index (χ0n) is 10.5. The zero-order valence-corrected chi connectivity index (χ0v) is 12.0. The highest BCUT2D eigenvalue weighted by Gasteiger charge is 2.09. The Morgan fingerprint density at radius 2 is 1.84 bits per heavy atom. The molecule has 0 aliphatic rings. The van der Waals surface area contributed by atoms with Crippen molar-refractivity contribution in [3.63, 3.8) is 0 Å². The standard InChI is InChI=1S/C15H14Cl2FN/c1-10(12-4-2-3-5-13(12)16)19-9-11-6-7-14(17)15(18)8-11/h2-8,10,19H,9H2,1H3/t10-/m0/s1. The molecule has 19 heavy (non-hydrogen) atoms. The molecule has 2 rings (SSSR count). The van der Waals surface area contributed by atoms with Crippen LogP contribution < -0.4 is 5.32 Å². The van der Waals surface area contributed by atoms with Gasteiger partial charge < -0.3 is 5.32 Å². The fourth-order valence-electron chi connectivity index (χ4n) is 1.86. The molecule has 0 radical (unpaired) electrons. The molecule has 0 heterocycles. The first kappa shape index (κ1) is 14.3. The van der Waals surface area contributed by atoms with Crippen molar-refractivity contribution in [3.8, 4) is 0 Å². The summed E-state index contributed by atoms with van der Waals surface area (Å²) < 4.78 is 13.3. The van der Waals surface area contributed by atoms with Crippen molar-refractivity contribution in [2.45, 2.75) is 19.5 Å². The lowest BCUT2D eigenvalue weighted by atomic mass is 10.1. The fourth-order valence-corrected chi connectivity index (χ4v) is 2.27. The summed E-state index contributed by atoms with van der Waals surface area (Å²) in [5, 5.41) is 4.18. The second-order valence-corrected chi connectivity index (χ2v) is 5.19. The van der Waals surface area contributed by atoms with E-state index in [2.05, 4.69) is 5.32 Å². The van der Waals surface area contributed by atoms with Crippen LogP contribution in [-0.2, 0) is 6.54 Å². The van der Waals surface area contributed by atoms with Crippen LogP contribution in [0.25, 0.3) is 0 Å². The van der Waals surface area contributed by atoms with Crippen LogP contribution in [-0.4, -0.2) is 0 Å². The molecule has 0 amide bonds. The van der Waals surface area contributed by atoms with Crippen LogP contribution in [0.2, 0.25) is 10.0 Å². The summed E-state index contributed by atoms with van der Waals surface area (Å²) in [6.07, 6.45) is 0. The SMILES string of the molecule is C[C@H](NCc1ccc(Cl)c(F)c1)c1ccccc1Cl. The number of hydrogen-bond donors (Lipinski definition) is 1. The zero-order chi connectivity index (χ0) is 13.8. The third-order valence-corrected chi connectivity index (χ3v) is 3.62. The molecule has 0 aliphatic heterocycles. The molecule has 1 atom stereocenters. The molecule has 0 bridgehead atoms. The molecule has 0 fully saturated rings. The molecule has 0 aromatic heterocycles. The molecule has 0 saturated carbocycles. The molecule has 2 aromatic carbocycles. The van der Waals surface area contributed by atoms with Gasteiger partial charge in [-0.25, -0.2) is 4.39 Å². The molecule has 2 aromatic rings. The number of nitrogens with one attached hydrogen (secondary N) is 1. The average molecular weight is 298 g/mol. The van der Waals surface area contributed by atoms with Crippen LogP contribution in [0.5, 0.6) is 0 Å². The maximum atomic E-state index is 13.3. The largest absolute Gasteiger partial charge is 0.306 e. The summed E-state index contributed by atoms with van der Waals surface area (Å²) in [7, 11) is 0. The van der Waals surface area contributed by atoms with Crippen molar-refractivity contribution < 1.29 is 4.39 Å². The van der Waals surface area contributed by atoms with Gasteiger partial charge in [-0.1, -0.05) is 47.5 Å². The lowest BCUT2D eigenvalue weighted by Crippen LogP contribution is -2.18. The first-order valence-electron chi connectivity index (χ1n) is 5.99. The third kappa shape index (κ3) is 3.69. The normalized spacial score (nSPS) is 12.4. The summed E-state index contributed by atoms with van der Waals surface area (Å²) in [5.74, 6) is -0.397. The van der Waals surface area contributed by atoms with Crippen LogP contribution in [0, 0.1) is 5.82 Å². The van der Waals surface area contributed by atoms with Gasteiger partial charge >= 0.3 is 0 Å². The Morgan fingerprint density at radius 3 is 2.53 bits per heavy atom. The molecule has 0 spiro atoms. The Balaban J connectivity index is 2.02. The Morgan fingerprint density at radius 1 is 1.11 bits per heavy atom. The Labute approximate surface area is 122 Å². The summed E-state index contributed by atoms with van der Waals surface area (Å²) in [6, 6.07) is 12.6. The van der Waals surface area contributed by atoms with E-state index in [1.165, 1.54) is 6.07 Å². The lowest BCUT2D eigenvalue weighted by Gasteiger charge is -2.15. The molecule has 0 unspecified atom stereocenters. The lowest BCUT2D eigenvalue weighted by molar-refractivity contribution is 0.569. The smallest absolute Gasteiger partial charge is 0.142 e. The monoisotopic (exact) mass is 297 g/mol. The first-order valence-corrected chi connectivity index (χ1v) is 6.75. The van der Waals surface area contributed by atoms with Gasteiger partial charge in [-0.15, -0.1) is 0 Å². The van der Waals surface area contributed by atoms with E-state index in [0.717, 1.165) is 16.1 Å². The number of rotatable bonds is 4. The van der Waals surface area contributed by atoms with Gasteiger partial charge in [-0.2, -0.15) is 0 Å². The molecule has 1 N–H and O–H groups in total. The van der Waals surface area contributed by atoms with Gasteiger partial charge in [0.05, 0.1) is 5.02 Å². The van der Waals surface area contributed by atoms with Crippen molar-refractivity contribution >= 4 is 23.2 Å². The van der Waals surface area contributed by atoms with Crippen molar-refractivity contribution in [1.29, 1.82) is 0 Å². The molecule has 0 saturated heterocycles. The van der Waals surface area contributed by atoms with Crippen LogP contribution in [0.15, 0.2) is 42.5 Å². The molecule has 1 nitrogen and oxygen atoms in total. The Kier molecular flexibility index (Phi) is 4.81. The maximum absolute atomic E-state index is 13.3. The van der Waals surface area contributed by atoms with Gasteiger partial charge in [0.15, 0.2) is 0 Å². The Hall–Kier alpha value is -1.09. The highest BCUT2D eigenvalue weighted by atomic mass is 35.5. The minimum absolute atomic E-state index is 0.0902. The van der Waals surface area contributed by atoms with Gasteiger partial charge in [-0.3, -0.25) is 0 Å². The van der Waals surface area contributed by atoms with E-state index in [1.807, 2.05) is 31.2 Å². The van der Waals surface area contributed by atoms with E-state index >= 15 is 0 Å². The fraction of sp³-hybridized carbons (Fsp3) is 0.200. The predicted molar refractivity (Wildman–Crippen MR) is 78.1 cm³/mol. The Bertz CT molecular complexity index is 572. The summed E-state index contributed by atoms with van der Waals surface area (Å²) in [6.45, 7) is 2.58. The number of benzene rings is 2. The van der Waals surface area contributed by atoms with Crippen molar-refractivity contribution in [3.05, 3.63) is 69.5 Å². The average Bonchev–Trinajstić information content (AvgIpc) is 2.40. The van der Waals surface area contributed by atoms with E-state index in [9.17, 15) is 4.39 Å². The quantitative estimate of drug-likeness (QED) is 0.839. The van der Waals surface area contributed by atoms with Gasteiger partial charge in [0, 0.05) is 17.6 Å². The van der Waals surface area contributed by atoms with Gasteiger partial charge in [0.1, 0.15) is 5.82 Å². The van der Waals surface area contributed by atoms with Gasteiger partial charge in [0.2, 0.25) is 0 Å². The topological polar surface area (TPSA) is 12.0 Å². The molecular weight excluding hydrogens is 284 g/mol. The van der Waals surface area contributed by atoms with Crippen LogP contribution in [0.3, 0.4) is 0 Å². The van der Waals surface area contributed by atoms with E-state index in [1.54, 1.807) is 12.1 Å². The maximum Gasteiger partial charge on any atom is 0.142 e. The number of hydrogen-bond acceptors (Lipinski definition) is 1. The summed E-state index contributed by atoms with van der Waals surface area (Å²) >= 11 is 11.8. The summed E-state index contributed by atoms with van der Waals surface area (Å²) in [5.41, 5.74) is 1.87. The molecule has 100 valence electrons. The van der Waals surface area contributed by atoms with Gasteiger partial charge in [0.25, 0.3) is 0 Å². The van der Waals surface area contributed by atoms with Crippen molar-refractivity contribution in [2.24, 2.45) is 0 Å². The van der Waals surface area contributed by atoms with E-state index < -0.39 is 5.82 Å². The van der Waals surface area contributed by atoms with E-state index in [-0.39, 0.29) is 11.1 Å². The van der Waals surface area contributed by atoms with Crippen LogP contribution in [0.4, 0.5) is 4.39 Å². The minimum Gasteiger partial charge on any atom is -0.306 e. The van der Waals surface area contributed by atoms with E-state index in [0.29, 0.717) is 6.54 Å². The summed E-state index contributed by atoms with van der Waals surface area (Å²) in [4.78, 5) is 0. The third-order valence-electron chi connectivity index (χ3n) is 2.97. The second kappa shape index (κ2) is 6.38. The number of halogens is 3. The highest BCUT2D eigenvalue weighted by molar-refractivity contribution is 6.31. The van der Waals surface area contributed by atoms with Crippen molar-refractivity contribution in [2.75, 3.05) is 0 Å². The van der Waals surface area contributed by atoms with Crippen LogP contribution in [0.1, 0.15) is 24.1 Å². The predicted octanol–water partition coefficient (Wildman–Crippen LogP) is 4.98. The van der Waals surface area contributed by atoms with Crippen LogP contribution >= 0.6 is 23.2 Å². The molecular formula is C15H14Cl2FN.